The van der Waals surface area contributed by atoms with Crippen molar-refractivity contribution < 1.29 is 14.3 Å². The lowest BCUT2D eigenvalue weighted by molar-refractivity contribution is 0.0512. The first-order valence-electron chi connectivity index (χ1n) is 5.47. The third-order valence-corrected chi connectivity index (χ3v) is 1.78. The van der Waals surface area contributed by atoms with E-state index in [-0.39, 0.29) is 11.6 Å². The summed E-state index contributed by atoms with van der Waals surface area (Å²) in [6.45, 7) is 5.53. The van der Waals surface area contributed by atoms with Crippen LogP contribution in [0, 0.1) is 13.8 Å². The summed E-state index contributed by atoms with van der Waals surface area (Å²) in [5.41, 5.74) is 0. The molecule has 0 aliphatic carbocycles. The lowest BCUT2D eigenvalue weighted by atomic mass is 10.6. The van der Waals surface area contributed by atoms with E-state index in [9.17, 15) is 9.59 Å². The SMILES string of the molecule is CCOC(=O)c1n[nH]c(C)n1.Cc1nc(C=O)n[nH]1. The Balaban J connectivity index is 0.000000200. The third kappa shape index (κ3) is 4.66. The number of hydrogen-bond donors (Lipinski definition) is 2. The number of esters is 1. The van der Waals surface area contributed by atoms with Gasteiger partial charge in [0.1, 0.15) is 11.6 Å². The maximum absolute atomic E-state index is 10.9. The summed E-state index contributed by atoms with van der Waals surface area (Å²) in [4.78, 5) is 28.2. The first kappa shape index (κ1) is 14.5. The number of aromatic amines is 2. The Kier molecular flexibility index (Phi) is 5.33. The van der Waals surface area contributed by atoms with E-state index in [4.69, 9.17) is 0 Å². The van der Waals surface area contributed by atoms with Gasteiger partial charge in [-0.05, 0) is 20.8 Å². The predicted molar refractivity (Wildman–Crippen MR) is 63.6 cm³/mol. The van der Waals surface area contributed by atoms with Gasteiger partial charge in [0.2, 0.25) is 5.82 Å². The zero-order valence-electron chi connectivity index (χ0n) is 10.8. The Morgan fingerprint density at radius 2 is 1.84 bits per heavy atom. The number of aldehydes is 1. The molecule has 2 heterocycles. The Hall–Kier alpha value is -2.58. The predicted octanol–water partition coefficient (Wildman–Crippen LogP) is 0.215. The van der Waals surface area contributed by atoms with Crippen LogP contribution in [0.5, 0.6) is 0 Å². The van der Waals surface area contributed by atoms with Crippen LogP contribution in [-0.2, 0) is 4.74 Å². The van der Waals surface area contributed by atoms with Crippen molar-refractivity contribution in [1.29, 1.82) is 0 Å². The Morgan fingerprint density at radius 1 is 1.21 bits per heavy atom. The third-order valence-electron chi connectivity index (χ3n) is 1.78. The number of nitrogens with zero attached hydrogens (tertiary/aromatic N) is 4. The van der Waals surface area contributed by atoms with E-state index in [1.807, 2.05) is 0 Å². The number of aromatic nitrogens is 6. The van der Waals surface area contributed by atoms with Crippen molar-refractivity contribution in [2.45, 2.75) is 20.8 Å². The summed E-state index contributed by atoms with van der Waals surface area (Å²) < 4.78 is 4.66. The summed E-state index contributed by atoms with van der Waals surface area (Å²) in [7, 11) is 0. The molecule has 2 rings (SSSR count). The molecule has 0 unspecified atom stereocenters. The number of rotatable bonds is 3. The number of hydrogen-bond acceptors (Lipinski definition) is 7. The Morgan fingerprint density at radius 3 is 2.21 bits per heavy atom. The zero-order chi connectivity index (χ0) is 14.3. The smallest absolute Gasteiger partial charge is 0.378 e. The van der Waals surface area contributed by atoms with E-state index in [1.54, 1.807) is 20.8 Å². The van der Waals surface area contributed by atoms with E-state index < -0.39 is 5.97 Å². The molecule has 102 valence electrons. The molecule has 2 aromatic rings. The van der Waals surface area contributed by atoms with Crippen molar-refractivity contribution in [2.24, 2.45) is 0 Å². The molecule has 0 radical (unpaired) electrons. The monoisotopic (exact) mass is 266 g/mol. The zero-order valence-corrected chi connectivity index (χ0v) is 10.8. The van der Waals surface area contributed by atoms with Gasteiger partial charge in [-0.3, -0.25) is 15.0 Å². The molecule has 0 atom stereocenters. The van der Waals surface area contributed by atoms with Gasteiger partial charge < -0.3 is 4.74 Å². The standard InChI is InChI=1S/C6H9N3O2.C4H5N3O/c1-3-11-6(10)5-7-4(2)8-9-5;1-3-5-4(2-8)7-6-3/h3H2,1-2H3,(H,7,8,9);2H,1H3,(H,5,6,7). The van der Waals surface area contributed by atoms with E-state index >= 15 is 0 Å². The molecule has 0 aliphatic rings. The fraction of sp³-hybridized carbons (Fsp3) is 0.400. The molecule has 2 aromatic heterocycles. The molecule has 0 aliphatic heterocycles. The van der Waals surface area contributed by atoms with Crippen LogP contribution < -0.4 is 0 Å². The maximum Gasteiger partial charge on any atom is 0.378 e. The number of carbonyl (C=O) groups excluding carboxylic acids is 2. The topological polar surface area (TPSA) is 127 Å². The van der Waals surface area contributed by atoms with Crippen molar-refractivity contribution in [3.63, 3.8) is 0 Å². The number of aryl methyl sites for hydroxylation is 2. The molecule has 2 N–H and O–H groups in total. The number of nitrogens with one attached hydrogen (secondary N) is 2. The molecule has 0 aromatic carbocycles. The van der Waals surface area contributed by atoms with Gasteiger partial charge in [-0.25, -0.2) is 14.8 Å². The second-order valence-electron chi connectivity index (χ2n) is 3.36. The fourth-order valence-corrected chi connectivity index (χ4v) is 1.04. The van der Waals surface area contributed by atoms with Gasteiger partial charge in [0.25, 0.3) is 5.82 Å². The lowest BCUT2D eigenvalue weighted by Crippen LogP contribution is -2.06. The van der Waals surface area contributed by atoms with E-state index in [1.165, 1.54) is 0 Å². The molecular weight excluding hydrogens is 252 g/mol. The van der Waals surface area contributed by atoms with Gasteiger partial charge in [0.05, 0.1) is 6.61 Å². The molecule has 0 saturated heterocycles. The van der Waals surface area contributed by atoms with Crippen molar-refractivity contribution in [3.05, 3.63) is 23.3 Å². The van der Waals surface area contributed by atoms with Gasteiger partial charge in [-0.15, -0.1) is 5.10 Å². The van der Waals surface area contributed by atoms with Crippen LogP contribution in [0.2, 0.25) is 0 Å². The summed E-state index contributed by atoms with van der Waals surface area (Å²) in [5, 5.41) is 12.2. The van der Waals surface area contributed by atoms with Crippen molar-refractivity contribution in [2.75, 3.05) is 6.61 Å². The quantitative estimate of drug-likeness (QED) is 0.600. The lowest BCUT2D eigenvalue weighted by Gasteiger charge is -1.93. The average molecular weight is 266 g/mol. The minimum Gasteiger partial charge on any atom is -0.460 e. The van der Waals surface area contributed by atoms with Gasteiger partial charge in [0.15, 0.2) is 6.29 Å². The average Bonchev–Trinajstić information content (AvgIpc) is 2.99. The van der Waals surface area contributed by atoms with Crippen LogP contribution in [-0.4, -0.2) is 49.2 Å². The van der Waals surface area contributed by atoms with Gasteiger partial charge >= 0.3 is 5.97 Å². The van der Waals surface area contributed by atoms with Gasteiger partial charge in [-0.2, -0.15) is 5.10 Å². The molecule has 0 amide bonds. The minimum absolute atomic E-state index is 0.0874. The summed E-state index contributed by atoms with van der Waals surface area (Å²) in [6, 6.07) is 0. The first-order chi connectivity index (χ1) is 9.06. The van der Waals surface area contributed by atoms with Gasteiger partial charge in [-0.1, -0.05) is 0 Å². The van der Waals surface area contributed by atoms with Crippen LogP contribution >= 0.6 is 0 Å². The summed E-state index contributed by atoms with van der Waals surface area (Å²) in [5.74, 6) is 1.07. The van der Waals surface area contributed by atoms with Crippen molar-refractivity contribution >= 4 is 12.3 Å². The molecule has 19 heavy (non-hydrogen) atoms. The fourth-order valence-electron chi connectivity index (χ4n) is 1.04. The molecular formula is C10H14N6O3. The van der Waals surface area contributed by atoms with Crippen LogP contribution in [0.4, 0.5) is 0 Å². The number of ether oxygens (including phenoxy) is 1. The van der Waals surface area contributed by atoms with Crippen molar-refractivity contribution in [1.82, 2.24) is 30.4 Å². The molecule has 9 nitrogen and oxygen atoms in total. The molecule has 0 saturated carbocycles. The highest BCUT2D eigenvalue weighted by Gasteiger charge is 2.10. The molecule has 0 spiro atoms. The highest BCUT2D eigenvalue weighted by molar-refractivity contribution is 5.84. The maximum atomic E-state index is 10.9. The normalized spacial score (nSPS) is 9.42. The van der Waals surface area contributed by atoms with Crippen LogP contribution in [0.25, 0.3) is 0 Å². The summed E-state index contributed by atoms with van der Waals surface area (Å²) >= 11 is 0. The largest absolute Gasteiger partial charge is 0.460 e. The summed E-state index contributed by atoms with van der Waals surface area (Å²) in [6.07, 6.45) is 0.601. The Labute approximate surface area is 108 Å². The second kappa shape index (κ2) is 6.99. The van der Waals surface area contributed by atoms with E-state index in [0.29, 0.717) is 24.5 Å². The van der Waals surface area contributed by atoms with Gasteiger partial charge in [0, 0.05) is 0 Å². The number of carbonyl (C=O) groups is 2. The van der Waals surface area contributed by atoms with E-state index in [2.05, 4.69) is 35.1 Å². The first-order valence-corrected chi connectivity index (χ1v) is 5.47. The second-order valence-corrected chi connectivity index (χ2v) is 3.36. The van der Waals surface area contributed by atoms with Crippen LogP contribution in [0.3, 0.4) is 0 Å². The Bertz CT molecular complexity index is 547. The highest BCUT2D eigenvalue weighted by Crippen LogP contribution is 1.93. The minimum atomic E-state index is -0.489. The van der Waals surface area contributed by atoms with Crippen LogP contribution in [0.15, 0.2) is 0 Å². The highest BCUT2D eigenvalue weighted by atomic mass is 16.5. The van der Waals surface area contributed by atoms with Crippen LogP contribution in [0.1, 0.15) is 39.8 Å². The number of H-pyrrole nitrogens is 2. The van der Waals surface area contributed by atoms with Crippen molar-refractivity contribution in [3.8, 4) is 0 Å². The molecule has 0 fully saturated rings. The van der Waals surface area contributed by atoms with E-state index in [0.717, 1.165) is 0 Å². The molecule has 9 heteroatoms. The molecule has 0 bridgehead atoms.